The van der Waals surface area contributed by atoms with Crippen LogP contribution in [-0.4, -0.2) is 44.3 Å². The summed E-state index contributed by atoms with van der Waals surface area (Å²) in [6, 6.07) is 0. The zero-order valence-corrected chi connectivity index (χ0v) is 11.0. The first-order chi connectivity index (χ1) is 8.69. The van der Waals surface area contributed by atoms with Gasteiger partial charge in [0.25, 0.3) is 0 Å². The molecule has 1 atom stereocenters. The van der Waals surface area contributed by atoms with Gasteiger partial charge in [0.2, 0.25) is 0 Å². The van der Waals surface area contributed by atoms with Gasteiger partial charge in [-0.1, -0.05) is 0 Å². The highest BCUT2D eigenvalue weighted by atomic mass is 79.9. The van der Waals surface area contributed by atoms with Gasteiger partial charge >= 0.3 is 17.5 Å². The second-order valence-electron chi connectivity index (χ2n) is 3.68. The molecule has 1 aromatic rings. The van der Waals surface area contributed by atoms with E-state index < -0.39 is 36.7 Å². The maximum absolute atomic E-state index is 13.5. The molecule has 0 unspecified atom stereocenters. The minimum absolute atomic E-state index is 0.000966. The molecule has 0 aliphatic carbocycles. The monoisotopic (exact) mass is 341 g/mol. The van der Waals surface area contributed by atoms with Crippen LogP contribution in [0.4, 0.5) is 14.6 Å². The fourth-order valence-corrected chi connectivity index (χ4v) is 1.51. The first-order valence-corrected chi connectivity index (χ1v) is 5.74. The van der Waals surface area contributed by atoms with E-state index in [0.717, 1.165) is 6.20 Å². The van der Waals surface area contributed by atoms with Gasteiger partial charge in [-0.15, -0.1) is 0 Å². The number of anilines is 1. The van der Waals surface area contributed by atoms with Gasteiger partial charge in [-0.3, -0.25) is 4.79 Å². The second-order valence-corrected chi connectivity index (χ2v) is 4.53. The van der Waals surface area contributed by atoms with Crippen molar-refractivity contribution in [3.05, 3.63) is 21.2 Å². The summed E-state index contributed by atoms with van der Waals surface area (Å²) < 4.78 is 27.1. The van der Waals surface area contributed by atoms with Gasteiger partial charge in [-0.2, -0.15) is 13.8 Å². The van der Waals surface area contributed by atoms with Crippen molar-refractivity contribution in [3.63, 3.8) is 0 Å². The van der Waals surface area contributed by atoms with Crippen LogP contribution in [0.5, 0.6) is 0 Å². The summed E-state index contributed by atoms with van der Waals surface area (Å²) in [6.45, 7) is -0.929. The van der Waals surface area contributed by atoms with Gasteiger partial charge in [-0.25, -0.2) is 9.36 Å². The molecule has 106 valence electrons. The molecule has 10 heteroatoms. The predicted octanol–water partition coefficient (Wildman–Crippen LogP) is -0.393. The van der Waals surface area contributed by atoms with Crippen molar-refractivity contribution >= 4 is 27.7 Å². The molecule has 19 heavy (non-hydrogen) atoms. The Labute approximate surface area is 113 Å². The summed E-state index contributed by atoms with van der Waals surface area (Å²) in [7, 11) is 0. The Balaban J connectivity index is 3.13. The van der Waals surface area contributed by atoms with Crippen molar-refractivity contribution in [1.82, 2.24) is 9.55 Å². The Morgan fingerprint density at radius 1 is 1.63 bits per heavy atom. The molecule has 0 bridgehead atoms. The molecule has 0 fully saturated rings. The fraction of sp³-hybridized carbons (Fsp3) is 0.444. The van der Waals surface area contributed by atoms with Crippen molar-refractivity contribution in [2.75, 3.05) is 12.3 Å². The lowest BCUT2D eigenvalue weighted by Crippen LogP contribution is -2.43. The van der Waals surface area contributed by atoms with E-state index in [1.54, 1.807) is 0 Å². The standard InChI is InChI=1S/C9H10BrF2N3O4/c10-5-2-15(8(19)14-6(5)13)7(18)9(11,12)1-4(17)3-16/h2,4,16-17H,1,3H2,(H2,13,14,19)/t4-/m0/s1. The van der Waals surface area contributed by atoms with Gasteiger partial charge in [0.05, 0.1) is 17.2 Å². The Hall–Kier alpha value is -1.39. The lowest BCUT2D eigenvalue weighted by atomic mass is 10.1. The molecule has 0 aliphatic heterocycles. The SMILES string of the molecule is Nc1nc(=O)n(C(=O)C(F)(F)C[C@H](O)CO)cc1Br. The van der Waals surface area contributed by atoms with Crippen molar-refractivity contribution in [3.8, 4) is 0 Å². The minimum Gasteiger partial charge on any atom is -0.394 e. The first-order valence-electron chi connectivity index (χ1n) is 4.95. The topological polar surface area (TPSA) is 118 Å². The molecule has 0 spiro atoms. The van der Waals surface area contributed by atoms with Crippen LogP contribution >= 0.6 is 15.9 Å². The summed E-state index contributed by atoms with van der Waals surface area (Å²) >= 11 is 2.85. The Kier molecular flexibility index (Phi) is 4.71. The lowest BCUT2D eigenvalue weighted by molar-refractivity contribution is -0.0405. The Bertz CT molecular complexity index is 549. The number of nitrogens with two attached hydrogens (primary N) is 1. The zero-order chi connectivity index (χ0) is 14.8. The number of halogens is 3. The molecule has 1 aromatic heterocycles. The van der Waals surface area contributed by atoms with E-state index >= 15 is 0 Å². The molecule has 0 aromatic carbocycles. The number of hydrogen-bond acceptors (Lipinski definition) is 6. The van der Waals surface area contributed by atoms with E-state index in [0.29, 0.717) is 0 Å². The number of carbonyl (C=O) groups is 1. The molecular weight excluding hydrogens is 332 g/mol. The third-order valence-electron chi connectivity index (χ3n) is 2.14. The minimum atomic E-state index is -4.02. The summed E-state index contributed by atoms with van der Waals surface area (Å²) in [5, 5.41) is 17.4. The summed E-state index contributed by atoms with van der Waals surface area (Å²) in [6.07, 6.45) is -2.32. The quantitative estimate of drug-likeness (QED) is 0.686. The fourth-order valence-electron chi connectivity index (χ4n) is 1.21. The van der Waals surface area contributed by atoms with Gasteiger partial charge in [0.1, 0.15) is 5.82 Å². The number of alkyl halides is 2. The smallest absolute Gasteiger partial charge is 0.356 e. The number of hydrogen-bond donors (Lipinski definition) is 3. The number of carbonyl (C=O) groups excluding carboxylic acids is 1. The number of aliphatic hydroxyl groups is 2. The lowest BCUT2D eigenvalue weighted by Gasteiger charge is -2.18. The highest BCUT2D eigenvalue weighted by molar-refractivity contribution is 9.10. The number of nitrogens with zero attached hydrogens (tertiary/aromatic N) is 2. The largest absolute Gasteiger partial charge is 0.394 e. The number of nitrogen functional groups attached to an aromatic ring is 1. The van der Waals surface area contributed by atoms with E-state index in [-0.39, 0.29) is 14.9 Å². The maximum Gasteiger partial charge on any atom is 0.356 e. The molecule has 0 radical (unpaired) electrons. The van der Waals surface area contributed by atoms with Crippen LogP contribution < -0.4 is 11.4 Å². The average Bonchev–Trinajstić information content (AvgIpc) is 2.32. The highest BCUT2D eigenvalue weighted by Gasteiger charge is 2.42. The average molecular weight is 342 g/mol. The summed E-state index contributed by atoms with van der Waals surface area (Å²) in [5.41, 5.74) is 4.00. The highest BCUT2D eigenvalue weighted by Crippen LogP contribution is 2.23. The molecule has 7 nitrogen and oxygen atoms in total. The van der Waals surface area contributed by atoms with Crippen molar-refractivity contribution in [2.45, 2.75) is 18.4 Å². The number of aromatic nitrogens is 2. The maximum atomic E-state index is 13.5. The van der Waals surface area contributed by atoms with E-state index in [9.17, 15) is 18.4 Å². The van der Waals surface area contributed by atoms with Gasteiger partial charge in [0.15, 0.2) is 0 Å². The normalized spacial score (nSPS) is 13.3. The van der Waals surface area contributed by atoms with E-state index in [2.05, 4.69) is 20.9 Å². The number of aliphatic hydroxyl groups excluding tert-OH is 2. The van der Waals surface area contributed by atoms with Crippen molar-refractivity contribution in [1.29, 1.82) is 0 Å². The van der Waals surface area contributed by atoms with E-state index in [1.807, 2.05) is 0 Å². The van der Waals surface area contributed by atoms with Crippen molar-refractivity contribution in [2.24, 2.45) is 0 Å². The predicted molar refractivity (Wildman–Crippen MR) is 63.9 cm³/mol. The Morgan fingerprint density at radius 3 is 2.74 bits per heavy atom. The number of rotatable bonds is 4. The molecule has 4 N–H and O–H groups in total. The van der Waals surface area contributed by atoms with Crippen LogP contribution in [0.25, 0.3) is 0 Å². The molecular formula is C9H10BrF2N3O4. The Morgan fingerprint density at radius 2 is 2.21 bits per heavy atom. The second kappa shape index (κ2) is 5.72. The zero-order valence-electron chi connectivity index (χ0n) is 9.39. The van der Waals surface area contributed by atoms with Gasteiger partial charge < -0.3 is 15.9 Å². The van der Waals surface area contributed by atoms with Crippen LogP contribution in [0.1, 0.15) is 11.2 Å². The molecule has 0 saturated heterocycles. The molecule has 0 aliphatic rings. The molecule has 1 rings (SSSR count). The van der Waals surface area contributed by atoms with Crippen LogP contribution in [0, 0.1) is 0 Å². The van der Waals surface area contributed by atoms with Gasteiger partial charge in [-0.05, 0) is 15.9 Å². The van der Waals surface area contributed by atoms with Crippen LogP contribution in [0.2, 0.25) is 0 Å². The van der Waals surface area contributed by atoms with Crippen LogP contribution in [-0.2, 0) is 0 Å². The van der Waals surface area contributed by atoms with Gasteiger partial charge in [0, 0.05) is 12.6 Å². The molecule has 0 amide bonds. The first kappa shape index (κ1) is 15.7. The van der Waals surface area contributed by atoms with E-state index in [1.165, 1.54) is 0 Å². The summed E-state index contributed by atoms with van der Waals surface area (Å²) in [5.74, 6) is -6.13. The third kappa shape index (κ3) is 3.55. The summed E-state index contributed by atoms with van der Waals surface area (Å²) in [4.78, 5) is 26.0. The molecule has 1 heterocycles. The van der Waals surface area contributed by atoms with E-state index in [4.69, 9.17) is 15.9 Å². The third-order valence-corrected chi connectivity index (χ3v) is 2.75. The molecule has 0 saturated carbocycles. The van der Waals surface area contributed by atoms with Crippen LogP contribution in [0.3, 0.4) is 0 Å². The van der Waals surface area contributed by atoms with Crippen LogP contribution in [0.15, 0.2) is 15.5 Å². The van der Waals surface area contributed by atoms with Crippen molar-refractivity contribution < 1.29 is 23.8 Å².